The van der Waals surface area contributed by atoms with Crippen LogP contribution in [0.15, 0.2) is 30.6 Å². The van der Waals surface area contributed by atoms with E-state index in [9.17, 15) is 5.26 Å². The number of aromatic nitrogens is 2. The number of nitriles is 1. The number of anilines is 2. The first kappa shape index (κ1) is 20.8. The highest BCUT2D eigenvalue weighted by Crippen LogP contribution is 2.38. The lowest BCUT2D eigenvalue weighted by molar-refractivity contribution is 0.122. The molecule has 0 saturated carbocycles. The molecule has 8 heteroatoms. The van der Waals surface area contributed by atoms with E-state index in [-0.39, 0.29) is 0 Å². The lowest BCUT2D eigenvalue weighted by Gasteiger charge is -2.28. The van der Waals surface area contributed by atoms with Crippen molar-refractivity contribution in [2.75, 3.05) is 43.1 Å². The van der Waals surface area contributed by atoms with E-state index in [0.29, 0.717) is 40.4 Å². The number of hydrogen-bond donors (Lipinski definition) is 1. The molecule has 1 N–H and O–H groups in total. The third-order valence-corrected chi connectivity index (χ3v) is 5.68. The van der Waals surface area contributed by atoms with Crippen LogP contribution in [0.1, 0.15) is 19.4 Å². The number of pyridine rings is 1. The molecule has 0 spiro atoms. The first-order chi connectivity index (χ1) is 14.5. The van der Waals surface area contributed by atoms with Crippen LogP contribution in [0.2, 0.25) is 10.0 Å². The van der Waals surface area contributed by atoms with E-state index in [2.05, 4.69) is 35.1 Å². The summed E-state index contributed by atoms with van der Waals surface area (Å²) in [7, 11) is 0. The van der Waals surface area contributed by atoms with Gasteiger partial charge in [-0.1, -0.05) is 43.1 Å². The van der Waals surface area contributed by atoms with E-state index < -0.39 is 0 Å². The Balaban J connectivity index is 1.96. The predicted molar refractivity (Wildman–Crippen MR) is 122 cm³/mol. The summed E-state index contributed by atoms with van der Waals surface area (Å²) in [6.07, 6.45) is 3.80. The zero-order chi connectivity index (χ0) is 21.3. The average Bonchev–Trinajstić information content (AvgIpc) is 3.15. The van der Waals surface area contributed by atoms with Crippen LogP contribution in [-0.4, -0.2) is 42.2 Å². The predicted octanol–water partition coefficient (Wildman–Crippen LogP) is 5.08. The zero-order valence-corrected chi connectivity index (χ0v) is 18.5. The minimum absolute atomic E-state index is 0.410. The largest absolute Gasteiger partial charge is 0.381 e. The van der Waals surface area contributed by atoms with Gasteiger partial charge < -0.3 is 15.0 Å². The summed E-state index contributed by atoms with van der Waals surface area (Å²) in [5.41, 5.74) is 3.46. The van der Waals surface area contributed by atoms with Crippen molar-refractivity contribution < 1.29 is 4.74 Å². The molecule has 1 aliphatic rings. The van der Waals surface area contributed by atoms with Crippen LogP contribution >= 0.6 is 23.2 Å². The van der Waals surface area contributed by atoms with Crippen molar-refractivity contribution in [3.05, 3.63) is 46.2 Å². The Morgan fingerprint density at radius 1 is 1.23 bits per heavy atom. The van der Waals surface area contributed by atoms with Crippen molar-refractivity contribution in [1.82, 2.24) is 9.38 Å². The van der Waals surface area contributed by atoms with Crippen LogP contribution in [0, 0.1) is 17.2 Å². The molecule has 1 aliphatic heterocycles. The molecule has 3 aromatic rings. The molecule has 0 bridgehead atoms. The molecule has 1 saturated heterocycles. The number of hydrogen-bond acceptors (Lipinski definition) is 5. The number of ether oxygens (including phenoxy) is 1. The molecule has 4 rings (SSSR count). The van der Waals surface area contributed by atoms with Crippen molar-refractivity contribution in [2.24, 2.45) is 5.92 Å². The summed E-state index contributed by atoms with van der Waals surface area (Å²) < 4.78 is 7.54. The molecular formula is C22H23Cl2N5O. The number of fused-ring (bicyclic) bond motifs is 1. The third-order valence-electron chi connectivity index (χ3n) is 5.13. The number of imidazole rings is 1. The van der Waals surface area contributed by atoms with Gasteiger partial charge in [0.25, 0.3) is 0 Å². The second-order valence-electron chi connectivity index (χ2n) is 7.71. The van der Waals surface area contributed by atoms with Crippen molar-refractivity contribution in [3.63, 3.8) is 0 Å². The number of halogens is 2. The molecule has 156 valence electrons. The van der Waals surface area contributed by atoms with E-state index in [0.717, 1.165) is 42.2 Å². The second-order valence-corrected chi connectivity index (χ2v) is 8.56. The smallest absolute Gasteiger partial charge is 0.163 e. The van der Waals surface area contributed by atoms with E-state index in [1.54, 1.807) is 12.1 Å². The van der Waals surface area contributed by atoms with Gasteiger partial charge in [-0.05, 0) is 18.1 Å². The first-order valence-corrected chi connectivity index (χ1v) is 10.7. The van der Waals surface area contributed by atoms with Gasteiger partial charge in [-0.25, -0.2) is 4.98 Å². The van der Waals surface area contributed by atoms with Gasteiger partial charge in [-0.15, -0.1) is 0 Å². The van der Waals surface area contributed by atoms with Gasteiger partial charge >= 0.3 is 0 Å². The minimum Gasteiger partial charge on any atom is -0.381 e. The molecule has 6 nitrogen and oxygen atoms in total. The van der Waals surface area contributed by atoms with Gasteiger partial charge in [0.2, 0.25) is 0 Å². The lowest BCUT2D eigenvalue weighted by Crippen LogP contribution is -2.36. The standard InChI is InChI=1S/C22H23Cl2N5O/c1-14(2)11-26-21-17(10-25)18(16-4-3-15(23)9-19(16)24)13-29-20(12-27-22(21)29)28-5-7-30-8-6-28/h3-4,9,12-14,26H,5-8,11H2,1-2H3. The molecule has 2 aromatic heterocycles. The Bertz CT molecular complexity index is 1110. The molecule has 0 radical (unpaired) electrons. The Labute approximate surface area is 186 Å². The lowest BCUT2D eigenvalue weighted by atomic mass is 10.0. The number of morpholine rings is 1. The van der Waals surface area contributed by atoms with Gasteiger partial charge in [-0.2, -0.15) is 5.26 Å². The van der Waals surface area contributed by atoms with Gasteiger partial charge in [0.15, 0.2) is 5.65 Å². The third kappa shape index (κ3) is 3.93. The zero-order valence-electron chi connectivity index (χ0n) is 17.0. The molecule has 0 amide bonds. The highest BCUT2D eigenvalue weighted by molar-refractivity contribution is 6.36. The van der Waals surface area contributed by atoms with Crippen molar-refractivity contribution in [1.29, 1.82) is 5.26 Å². The average molecular weight is 444 g/mol. The quantitative estimate of drug-likeness (QED) is 0.594. The number of rotatable bonds is 5. The highest BCUT2D eigenvalue weighted by atomic mass is 35.5. The molecule has 0 unspecified atom stereocenters. The first-order valence-electron chi connectivity index (χ1n) is 9.95. The Morgan fingerprint density at radius 2 is 2.00 bits per heavy atom. The minimum atomic E-state index is 0.410. The van der Waals surface area contributed by atoms with Gasteiger partial charge in [0.1, 0.15) is 11.9 Å². The van der Waals surface area contributed by atoms with Gasteiger partial charge in [0, 0.05) is 47.0 Å². The number of benzene rings is 1. The fraction of sp³-hybridized carbons (Fsp3) is 0.364. The van der Waals surface area contributed by atoms with Crippen LogP contribution in [0.4, 0.5) is 11.5 Å². The fourth-order valence-electron chi connectivity index (χ4n) is 3.63. The SMILES string of the molecule is CC(C)CNc1c(C#N)c(-c2ccc(Cl)cc2Cl)cn2c(N3CCOCC3)cnc12. The molecular weight excluding hydrogens is 421 g/mol. The highest BCUT2D eigenvalue weighted by Gasteiger charge is 2.22. The van der Waals surface area contributed by atoms with Crippen molar-refractivity contribution in [2.45, 2.75) is 13.8 Å². The van der Waals surface area contributed by atoms with Crippen LogP contribution in [0.25, 0.3) is 16.8 Å². The molecule has 1 aromatic carbocycles. The molecule has 0 atom stereocenters. The summed E-state index contributed by atoms with van der Waals surface area (Å²) in [6, 6.07) is 7.70. The van der Waals surface area contributed by atoms with Crippen LogP contribution in [-0.2, 0) is 4.74 Å². The van der Waals surface area contributed by atoms with E-state index >= 15 is 0 Å². The summed E-state index contributed by atoms with van der Waals surface area (Å²) in [5.74, 6) is 1.38. The van der Waals surface area contributed by atoms with Crippen LogP contribution < -0.4 is 10.2 Å². The number of nitrogens with zero attached hydrogens (tertiary/aromatic N) is 4. The van der Waals surface area contributed by atoms with E-state index in [1.807, 2.05) is 22.9 Å². The maximum atomic E-state index is 10.1. The maximum Gasteiger partial charge on any atom is 0.163 e. The summed E-state index contributed by atoms with van der Waals surface area (Å²) in [6.45, 7) is 7.92. The Kier molecular flexibility index (Phi) is 6.05. The van der Waals surface area contributed by atoms with E-state index in [1.165, 1.54) is 0 Å². The number of nitrogens with one attached hydrogen (secondary N) is 1. The monoisotopic (exact) mass is 443 g/mol. The topological polar surface area (TPSA) is 65.6 Å². The molecule has 3 heterocycles. The Morgan fingerprint density at radius 3 is 2.67 bits per heavy atom. The molecule has 1 fully saturated rings. The van der Waals surface area contributed by atoms with Crippen LogP contribution in [0.3, 0.4) is 0 Å². The van der Waals surface area contributed by atoms with Crippen LogP contribution in [0.5, 0.6) is 0 Å². The van der Waals surface area contributed by atoms with Gasteiger partial charge in [0.05, 0.1) is 30.7 Å². The van der Waals surface area contributed by atoms with Crippen molar-refractivity contribution >= 4 is 40.4 Å². The second kappa shape index (κ2) is 8.73. The summed E-state index contributed by atoms with van der Waals surface area (Å²) >= 11 is 12.6. The maximum absolute atomic E-state index is 10.1. The van der Waals surface area contributed by atoms with E-state index in [4.69, 9.17) is 27.9 Å². The molecule has 0 aliphatic carbocycles. The van der Waals surface area contributed by atoms with Gasteiger partial charge in [-0.3, -0.25) is 4.40 Å². The molecule has 30 heavy (non-hydrogen) atoms. The van der Waals surface area contributed by atoms with Crippen molar-refractivity contribution in [3.8, 4) is 17.2 Å². The Hall–Kier alpha value is -2.46. The normalized spacial score (nSPS) is 14.3. The summed E-state index contributed by atoms with van der Waals surface area (Å²) in [5, 5.41) is 14.6. The fourth-order valence-corrected chi connectivity index (χ4v) is 4.14. The summed E-state index contributed by atoms with van der Waals surface area (Å²) in [4.78, 5) is 6.91.